The fraction of sp³-hybridized carbons (Fsp3) is 0. The zero-order chi connectivity index (χ0) is 18.1. The van der Waals surface area contributed by atoms with E-state index >= 15 is 0 Å². The number of anilines is 4. The van der Waals surface area contributed by atoms with E-state index in [2.05, 4.69) is 47.0 Å². The Morgan fingerprint density at radius 3 is 1.33 bits per heavy atom. The van der Waals surface area contributed by atoms with Crippen molar-refractivity contribution in [2.75, 3.05) is 10.6 Å². The van der Waals surface area contributed by atoms with Gasteiger partial charge in [-0.3, -0.25) is 0 Å². The number of nitrogens with one attached hydrogen (secondary N) is 2. The molecule has 0 fully saturated rings. The Morgan fingerprint density at radius 2 is 0.889 bits per heavy atom. The zero-order valence-electron chi connectivity index (χ0n) is 14.6. The first-order valence-electron chi connectivity index (χ1n) is 8.96. The van der Waals surface area contributed by atoms with Gasteiger partial charge >= 0.3 is 0 Å². The summed E-state index contributed by atoms with van der Waals surface area (Å²) in [6, 6.07) is 32.7. The van der Waals surface area contributed by atoms with Crippen molar-refractivity contribution < 1.29 is 4.42 Å². The highest BCUT2D eigenvalue weighted by Crippen LogP contribution is 2.33. The molecule has 1 aromatic heterocycles. The Kier molecular flexibility index (Phi) is 3.76. The molecule has 0 aliphatic carbocycles. The van der Waals surface area contributed by atoms with Crippen LogP contribution in [-0.2, 0) is 0 Å². The summed E-state index contributed by atoms with van der Waals surface area (Å²) >= 11 is 0. The van der Waals surface area contributed by atoms with Gasteiger partial charge in [0.15, 0.2) is 0 Å². The first kappa shape index (κ1) is 15.5. The minimum atomic E-state index is 0.889. The Hall–Kier alpha value is -3.72. The molecule has 0 atom stereocenters. The van der Waals surface area contributed by atoms with Gasteiger partial charge in [-0.15, -0.1) is 0 Å². The molecule has 0 aliphatic heterocycles. The smallest absolute Gasteiger partial charge is 0.135 e. The minimum absolute atomic E-state index is 0.889. The predicted octanol–water partition coefficient (Wildman–Crippen LogP) is 7.07. The summed E-state index contributed by atoms with van der Waals surface area (Å²) in [7, 11) is 0. The van der Waals surface area contributed by atoms with Crippen LogP contribution >= 0.6 is 0 Å². The highest BCUT2D eigenvalue weighted by Gasteiger charge is 2.09. The summed E-state index contributed by atoms with van der Waals surface area (Å²) in [5.74, 6) is 0. The van der Waals surface area contributed by atoms with Gasteiger partial charge in [0, 0.05) is 33.5 Å². The lowest BCUT2D eigenvalue weighted by Gasteiger charge is -2.07. The van der Waals surface area contributed by atoms with Gasteiger partial charge in [0.1, 0.15) is 11.2 Å². The normalized spacial score (nSPS) is 11.0. The molecular weight excluding hydrogens is 332 g/mol. The van der Waals surface area contributed by atoms with Crippen molar-refractivity contribution in [2.45, 2.75) is 0 Å². The van der Waals surface area contributed by atoms with Crippen LogP contribution in [0.1, 0.15) is 0 Å². The van der Waals surface area contributed by atoms with E-state index in [4.69, 9.17) is 4.42 Å². The lowest BCUT2D eigenvalue weighted by Crippen LogP contribution is -1.89. The van der Waals surface area contributed by atoms with Gasteiger partial charge in [0.25, 0.3) is 0 Å². The molecule has 2 N–H and O–H groups in total. The number of hydrogen-bond acceptors (Lipinski definition) is 3. The van der Waals surface area contributed by atoms with Crippen LogP contribution in [0, 0.1) is 0 Å². The first-order chi connectivity index (χ1) is 13.3. The Bertz CT molecular complexity index is 1120. The largest absolute Gasteiger partial charge is 0.456 e. The molecule has 4 aromatic carbocycles. The second-order valence-corrected chi connectivity index (χ2v) is 6.51. The second kappa shape index (κ2) is 6.54. The SMILES string of the molecule is c1ccc(Nc2ccc3oc4ccc(Nc5ccccc5)cc4c3c2)cc1. The number of benzene rings is 4. The fourth-order valence-electron chi connectivity index (χ4n) is 3.31. The topological polar surface area (TPSA) is 37.2 Å². The molecule has 0 bridgehead atoms. The van der Waals surface area contributed by atoms with E-state index < -0.39 is 0 Å². The Morgan fingerprint density at radius 1 is 0.444 bits per heavy atom. The van der Waals surface area contributed by atoms with E-state index in [9.17, 15) is 0 Å². The van der Waals surface area contributed by atoms with Crippen molar-refractivity contribution in [2.24, 2.45) is 0 Å². The molecule has 1 heterocycles. The van der Waals surface area contributed by atoms with Crippen LogP contribution in [0.3, 0.4) is 0 Å². The summed E-state index contributed by atoms with van der Waals surface area (Å²) < 4.78 is 6.01. The molecule has 0 spiro atoms. The molecule has 3 nitrogen and oxygen atoms in total. The van der Waals surface area contributed by atoms with Crippen molar-refractivity contribution in [3.05, 3.63) is 97.1 Å². The molecule has 0 unspecified atom stereocenters. The molecule has 0 saturated heterocycles. The second-order valence-electron chi connectivity index (χ2n) is 6.51. The van der Waals surface area contributed by atoms with Gasteiger partial charge in [0.2, 0.25) is 0 Å². The number of hydrogen-bond donors (Lipinski definition) is 2. The maximum Gasteiger partial charge on any atom is 0.135 e. The fourth-order valence-corrected chi connectivity index (χ4v) is 3.31. The van der Waals surface area contributed by atoms with E-state index in [1.807, 2.05) is 60.7 Å². The molecular formula is C24H18N2O. The lowest BCUT2D eigenvalue weighted by atomic mass is 10.1. The number of fused-ring (bicyclic) bond motifs is 3. The molecule has 130 valence electrons. The third-order valence-corrected chi connectivity index (χ3v) is 4.59. The van der Waals surface area contributed by atoms with Crippen LogP contribution in [-0.4, -0.2) is 0 Å². The van der Waals surface area contributed by atoms with Gasteiger partial charge in [-0.25, -0.2) is 0 Å². The number of rotatable bonds is 4. The average molecular weight is 350 g/mol. The number of furan rings is 1. The zero-order valence-corrected chi connectivity index (χ0v) is 14.6. The quantitative estimate of drug-likeness (QED) is 0.364. The Labute approximate surface area is 157 Å². The molecule has 27 heavy (non-hydrogen) atoms. The number of para-hydroxylation sites is 2. The van der Waals surface area contributed by atoms with E-state index in [1.165, 1.54) is 0 Å². The van der Waals surface area contributed by atoms with Gasteiger partial charge < -0.3 is 15.1 Å². The van der Waals surface area contributed by atoms with E-state index in [0.717, 1.165) is 44.7 Å². The van der Waals surface area contributed by atoms with Gasteiger partial charge in [-0.2, -0.15) is 0 Å². The van der Waals surface area contributed by atoms with Gasteiger partial charge in [-0.05, 0) is 60.7 Å². The third kappa shape index (κ3) is 3.11. The van der Waals surface area contributed by atoms with Crippen LogP contribution in [0.2, 0.25) is 0 Å². The van der Waals surface area contributed by atoms with Crippen LogP contribution in [0.25, 0.3) is 21.9 Å². The third-order valence-electron chi connectivity index (χ3n) is 4.59. The van der Waals surface area contributed by atoms with Gasteiger partial charge in [0.05, 0.1) is 0 Å². The molecule has 0 radical (unpaired) electrons. The minimum Gasteiger partial charge on any atom is -0.456 e. The van der Waals surface area contributed by atoms with Crippen molar-refractivity contribution in [1.82, 2.24) is 0 Å². The van der Waals surface area contributed by atoms with E-state index in [0.29, 0.717) is 0 Å². The molecule has 5 aromatic rings. The first-order valence-corrected chi connectivity index (χ1v) is 8.96. The molecule has 5 rings (SSSR count). The predicted molar refractivity (Wildman–Crippen MR) is 113 cm³/mol. The molecule has 3 heteroatoms. The summed E-state index contributed by atoms with van der Waals surface area (Å²) in [4.78, 5) is 0. The maximum atomic E-state index is 6.01. The van der Waals surface area contributed by atoms with Crippen molar-refractivity contribution in [3.8, 4) is 0 Å². The summed E-state index contributed by atoms with van der Waals surface area (Å²) in [5.41, 5.74) is 5.99. The summed E-state index contributed by atoms with van der Waals surface area (Å²) in [6.45, 7) is 0. The molecule has 0 aliphatic rings. The van der Waals surface area contributed by atoms with Crippen LogP contribution < -0.4 is 10.6 Å². The van der Waals surface area contributed by atoms with E-state index in [1.54, 1.807) is 0 Å². The summed E-state index contributed by atoms with van der Waals surface area (Å²) in [6.07, 6.45) is 0. The van der Waals surface area contributed by atoms with Crippen LogP contribution in [0.5, 0.6) is 0 Å². The lowest BCUT2D eigenvalue weighted by molar-refractivity contribution is 0.669. The van der Waals surface area contributed by atoms with Crippen molar-refractivity contribution in [1.29, 1.82) is 0 Å². The highest BCUT2D eigenvalue weighted by molar-refractivity contribution is 6.07. The summed E-state index contributed by atoms with van der Waals surface area (Å²) in [5, 5.41) is 9.09. The monoisotopic (exact) mass is 350 g/mol. The highest BCUT2D eigenvalue weighted by atomic mass is 16.3. The van der Waals surface area contributed by atoms with Crippen molar-refractivity contribution in [3.63, 3.8) is 0 Å². The molecule has 0 saturated carbocycles. The average Bonchev–Trinajstić information content (AvgIpc) is 3.07. The standard InChI is InChI=1S/C24H18N2O/c1-3-7-17(8-4-1)25-19-11-13-23-21(15-19)22-16-20(12-14-24(22)27-23)26-18-9-5-2-6-10-18/h1-16,25-26H. The van der Waals surface area contributed by atoms with Crippen molar-refractivity contribution >= 4 is 44.7 Å². The van der Waals surface area contributed by atoms with Crippen LogP contribution in [0.15, 0.2) is 101 Å². The molecule has 0 amide bonds. The van der Waals surface area contributed by atoms with Crippen LogP contribution in [0.4, 0.5) is 22.7 Å². The van der Waals surface area contributed by atoms with E-state index in [-0.39, 0.29) is 0 Å². The van der Waals surface area contributed by atoms with Gasteiger partial charge in [-0.1, -0.05) is 36.4 Å². The Balaban J connectivity index is 1.54. The maximum absolute atomic E-state index is 6.01.